The molecular formula is C19H13Br3N2O3. The van der Waals surface area contributed by atoms with E-state index in [2.05, 4.69) is 58.3 Å². The van der Waals surface area contributed by atoms with Gasteiger partial charge in [-0.3, -0.25) is 4.79 Å². The zero-order chi connectivity index (χ0) is 19.4. The van der Waals surface area contributed by atoms with Crippen LogP contribution in [0.3, 0.4) is 0 Å². The van der Waals surface area contributed by atoms with Gasteiger partial charge in [0.15, 0.2) is 6.61 Å². The second-order valence-corrected chi connectivity index (χ2v) is 8.01. The molecule has 0 spiro atoms. The van der Waals surface area contributed by atoms with Crippen LogP contribution >= 0.6 is 47.8 Å². The molecule has 0 radical (unpaired) electrons. The highest BCUT2D eigenvalue weighted by Crippen LogP contribution is 2.38. The molecule has 3 aromatic carbocycles. The molecule has 5 nitrogen and oxygen atoms in total. The minimum atomic E-state index is -0.395. The lowest BCUT2D eigenvalue weighted by molar-refractivity contribution is -0.123. The summed E-state index contributed by atoms with van der Waals surface area (Å²) in [7, 11) is 0. The number of amides is 1. The van der Waals surface area contributed by atoms with Crippen molar-refractivity contribution in [2.75, 3.05) is 6.61 Å². The van der Waals surface area contributed by atoms with Crippen LogP contribution in [0.25, 0.3) is 10.8 Å². The number of aromatic hydroxyl groups is 1. The van der Waals surface area contributed by atoms with E-state index >= 15 is 0 Å². The largest absolute Gasteiger partial charge is 0.506 e. The molecule has 0 atom stereocenters. The van der Waals surface area contributed by atoms with Crippen LogP contribution in [0.15, 0.2) is 67.1 Å². The van der Waals surface area contributed by atoms with Crippen LogP contribution in [0.5, 0.6) is 11.5 Å². The number of benzene rings is 3. The van der Waals surface area contributed by atoms with E-state index in [0.29, 0.717) is 24.7 Å². The van der Waals surface area contributed by atoms with Gasteiger partial charge in [0.05, 0.1) is 15.2 Å². The van der Waals surface area contributed by atoms with Gasteiger partial charge >= 0.3 is 0 Å². The quantitative estimate of drug-likeness (QED) is 0.328. The lowest BCUT2D eigenvalue weighted by atomic mass is 10.1. The molecular weight excluding hydrogens is 544 g/mol. The highest BCUT2D eigenvalue weighted by Gasteiger charge is 2.12. The van der Waals surface area contributed by atoms with Crippen molar-refractivity contribution in [3.8, 4) is 11.5 Å². The zero-order valence-electron chi connectivity index (χ0n) is 13.7. The third-order valence-electron chi connectivity index (χ3n) is 3.66. The molecule has 0 bridgehead atoms. The van der Waals surface area contributed by atoms with Gasteiger partial charge in [0.2, 0.25) is 0 Å². The molecule has 0 aliphatic carbocycles. The number of hydrazone groups is 1. The summed E-state index contributed by atoms with van der Waals surface area (Å²) < 4.78 is 7.20. The minimum Gasteiger partial charge on any atom is -0.506 e. The predicted molar refractivity (Wildman–Crippen MR) is 116 cm³/mol. The van der Waals surface area contributed by atoms with Gasteiger partial charge in [0.1, 0.15) is 11.5 Å². The topological polar surface area (TPSA) is 70.9 Å². The highest BCUT2D eigenvalue weighted by molar-refractivity contribution is 9.11. The fourth-order valence-electron chi connectivity index (χ4n) is 2.32. The second-order valence-electron chi connectivity index (χ2n) is 5.51. The zero-order valence-corrected chi connectivity index (χ0v) is 18.5. The molecule has 0 aliphatic rings. The lowest BCUT2D eigenvalue weighted by Crippen LogP contribution is -2.24. The van der Waals surface area contributed by atoms with E-state index in [1.54, 1.807) is 6.07 Å². The number of carbonyl (C=O) groups excluding carboxylic acids is 1. The molecule has 0 heterocycles. The maximum absolute atomic E-state index is 11.9. The first-order valence-electron chi connectivity index (χ1n) is 7.75. The summed E-state index contributed by atoms with van der Waals surface area (Å²) in [5, 5.41) is 16.0. The van der Waals surface area contributed by atoms with Gasteiger partial charge in [-0.15, -0.1) is 0 Å². The molecule has 0 fully saturated rings. The standard InChI is InChI=1S/C19H13Br3N2O3/c20-15-8-16(21)19(26)18(22)14(15)9-23-24-17(25)10-27-13-6-5-11-3-1-2-4-12(11)7-13/h1-9,26H,10H2,(H,24,25)/b23-9+. The molecule has 0 saturated carbocycles. The van der Waals surface area contributed by atoms with Crippen molar-refractivity contribution in [3.05, 3.63) is 67.5 Å². The summed E-state index contributed by atoms with van der Waals surface area (Å²) >= 11 is 9.91. The molecule has 27 heavy (non-hydrogen) atoms. The van der Waals surface area contributed by atoms with Gasteiger partial charge in [0, 0.05) is 10.0 Å². The van der Waals surface area contributed by atoms with Gasteiger partial charge in [0.25, 0.3) is 5.91 Å². The van der Waals surface area contributed by atoms with Crippen molar-refractivity contribution in [3.63, 3.8) is 0 Å². The number of phenols is 1. The summed E-state index contributed by atoms with van der Waals surface area (Å²) in [5.74, 6) is 0.259. The maximum Gasteiger partial charge on any atom is 0.277 e. The minimum absolute atomic E-state index is 0.0469. The number of fused-ring (bicyclic) bond motifs is 1. The molecule has 3 rings (SSSR count). The Morgan fingerprint density at radius 1 is 1.07 bits per heavy atom. The van der Waals surface area contributed by atoms with E-state index in [1.165, 1.54) is 6.21 Å². The van der Waals surface area contributed by atoms with Crippen molar-refractivity contribution >= 4 is 70.7 Å². The van der Waals surface area contributed by atoms with Crippen LogP contribution in [0.4, 0.5) is 0 Å². The first-order valence-corrected chi connectivity index (χ1v) is 10.1. The molecule has 8 heteroatoms. The van der Waals surface area contributed by atoms with E-state index in [1.807, 2.05) is 42.5 Å². The molecule has 138 valence electrons. The monoisotopic (exact) mass is 554 g/mol. The van der Waals surface area contributed by atoms with Gasteiger partial charge in [-0.05, 0) is 60.8 Å². The average Bonchev–Trinajstić information content (AvgIpc) is 2.67. The first-order chi connectivity index (χ1) is 13.0. The Bertz CT molecular complexity index is 1040. The summed E-state index contributed by atoms with van der Waals surface area (Å²) in [4.78, 5) is 11.9. The molecule has 0 saturated heterocycles. The van der Waals surface area contributed by atoms with Crippen molar-refractivity contribution < 1.29 is 14.6 Å². The number of hydrogen-bond donors (Lipinski definition) is 2. The smallest absolute Gasteiger partial charge is 0.277 e. The molecule has 0 aliphatic heterocycles. The maximum atomic E-state index is 11.9. The van der Waals surface area contributed by atoms with Crippen LogP contribution in [0.1, 0.15) is 5.56 Å². The van der Waals surface area contributed by atoms with Crippen molar-refractivity contribution in [2.45, 2.75) is 0 Å². The third-order valence-corrected chi connectivity index (χ3v) is 5.72. The Kier molecular flexibility index (Phi) is 6.51. The van der Waals surface area contributed by atoms with E-state index < -0.39 is 5.91 Å². The molecule has 2 N–H and O–H groups in total. The number of carbonyl (C=O) groups is 1. The lowest BCUT2D eigenvalue weighted by Gasteiger charge is -2.07. The number of nitrogens with zero attached hydrogens (tertiary/aromatic N) is 1. The van der Waals surface area contributed by atoms with Gasteiger partial charge in [-0.25, -0.2) is 5.43 Å². The number of hydrogen-bond acceptors (Lipinski definition) is 4. The summed E-state index contributed by atoms with van der Waals surface area (Å²) in [6, 6.07) is 15.2. The summed E-state index contributed by atoms with van der Waals surface area (Å²) in [6.45, 7) is -0.163. The summed E-state index contributed by atoms with van der Waals surface area (Å²) in [5.41, 5.74) is 2.99. The van der Waals surface area contributed by atoms with Crippen molar-refractivity contribution in [1.82, 2.24) is 5.43 Å². The fourth-order valence-corrected chi connectivity index (χ4v) is 4.65. The summed E-state index contributed by atoms with van der Waals surface area (Å²) in [6.07, 6.45) is 1.42. The van der Waals surface area contributed by atoms with Gasteiger partial charge < -0.3 is 9.84 Å². The third kappa shape index (κ3) is 4.88. The molecule has 0 unspecified atom stereocenters. The van der Waals surface area contributed by atoms with Crippen LogP contribution in [-0.4, -0.2) is 23.8 Å². The second kappa shape index (κ2) is 8.86. The molecule has 3 aromatic rings. The van der Waals surface area contributed by atoms with E-state index in [-0.39, 0.29) is 12.4 Å². The van der Waals surface area contributed by atoms with Crippen molar-refractivity contribution in [2.24, 2.45) is 5.10 Å². The van der Waals surface area contributed by atoms with Crippen molar-refractivity contribution in [1.29, 1.82) is 0 Å². The Hall–Kier alpha value is -1.90. The predicted octanol–water partition coefficient (Wildman–Crippen LogP) is 5.36. The SMILES string of the molecule is O=C(COc1ccc2ccccc2c1)N/N=C/c1c(Br)cc(Br)c(O)c1Br. The van der Waals surface area contributed by atoms with E-state index in [0.717, 1.165) is 10.8 Å². The van der Waals surface area contributed by atoms with Crippen LogP contribution in [0.2, 0.25) is 0 Å². The number of nitrogens with one attached hydrogen (secondary N) is 1. The number of phenolic OH excluding ortho intramolecular Hbond substituents is 1. The number of rotatable bonds is 5. The Balaban J connectivity index is 1.59. The number of halogens is 3. The average molecular weight is 557 g/mol. The molecule has 0 aromatic heterocycles. The van der Waals surface area contributed by atoms with E-state index in [9.17, 15) is 9.90 Å². The normalized spacial score (nSPS) is 11.1. The van der Waals surface area contributed by atoms with Crippen LogP contribution in [0, 0.1) is 0 Å². The first kappa shape index (κ1) is 19.9. The Morgan fingerprint density at radius 3 is 2.59 bits per heavy atom. The van der Waals surface area contributed by atoms with Gasteiger partial charge in [-0.2, -0.15) is 5.10 Å². The molecule has 1 amide bonds. The Labute approximate surface area is 180 Å². The highest BCUT2D eigenvalue weighted by atomic mass is 79.9. The van der Waals surface area contributed by atoms with Crippen LogP contribution in [-0.2, 0) is 4.79 Å². The number of ether oxygens (including phenoxy) is 1. The van der Waals surface area contributed by atoms with E-state index in [4.69, 9.17) is 4.74 Å². The fraction of sp³-hybridized carbons (Fsp3) is 0.0526. The van der Waals surface area contributed by atoms with Crippen LogP contribution < -0.4 is 10.2 Å². The van der Waals surface area contributed by atoms with Gasteiger partial charge in [-0.1, -0.05) is 46.3 Å². The Morgan fingerprint density at radius 2 is 1.81 bits per heavy atom.